The van der Waals surface area contributed by atoms with Crippen LogP contribution in [0.15, 0.2) is 18.2 Å². The third-order valence-electron chi connectivity index (χ3n) is 6.38. The van der Waals surface area contributed by atoms with Crippen LogP contribution < -0.4 is 20.1 Å². The van der Waals surface area contributed by atoms with Gasteiger partial charge in [0.15, 0.2) is 16.4 Å². The maximum Gasteiger partial charge on any atom is 0.522 e. The smallest absolute Gasteiger partial charge is 0.493 e. The Kier molecular flexibility index (Phi) is 8.69. The van der Waals surface area contributed by atoms with Crippen molar-refractivity contribution in [1.29, 1.82) is 0 Å². The third kappa shape index (κ3) is 7.84. The number of carbonyl (C=O) groups is 2. The van der Waals surface area contributed by atoms with E-state index < -0.39 is 58.7 Å². The van der Waals surface area contributed by atoms with Crippen molar-refractivity contribution in [2.75, 3.05) is 37.1 Å². The van der Waals surface area contributed by atoms with Crippen LogP contribution in [0.4, 0.5) is 32.2 Å². The van der Waals surface area contributed by atoms with E-state index in [-0.39, 0.29) is 54.6 Å². The Morgan fingerprint density at radius 1 is 1.24 bits per heavy atom. The van der Waals surface area contributed by atoms with Crippen molar-refractivity contribution in [3.63, 3.8) is 0 Å². The maximum absolute atomic E-state index is 13.5. The molecular formula is C24H26F6N4O7S. The highest BCUT2D eigenvalue weighted by molar-refractivity contribution is 7.91. The molecule has 2 amide bonds. The summed E-state index contributed by atoms with van der Waals surface area (Å²) in [7, 11) is -3.76. The van der Waals surface area contributed by atoms with Gasteiger partial charge in [-0.2, -0.15) is 18.3 Å². The molecule has 2 aromatic rings. The van der Waals surface area contributed by atoms with Crippen molar-refractivity contribution in [3.8, 4) is 11.5 Å². The number of hydrogen-bond acceptors (Lipinski definition) is 8. The van der Waals surface area contributed by atoms with Crippen molar-refractivity contribution in [3.05, 3.63) is 35.0 Å². The summed E-state index contributed by atoms with van der Waals surface area (Å²) < 4.78 is 114. The molecule has 3 heterocycles. The number of aryl methyl sites for hydroxylation is 1. The molecule has 1 aromatic heterocycles. The van der Waals surface area contributed by atoms with Gasteiger partial charge in [-0.15, -0.1) is 13.2 Å². The van der Waals surface area contributed by atoms with Gasteiger partial charge in [0.2, 0.25) is 5.91 Å². The van der Waals surface area contributed by atoms with E-state index in [9.17, 15) is 44.3 Å². The van der Waals surface area contributed by atoms with Crippen molar-refractivity contribution in [2.45, 2.75) is 50.3 Å². The van der Waals surface area contributed by atoms with Gasteiger partial charge < -0.3 is 20.1 Å². The Balaban J connectivity index is 1.67. The summed E-state index contributed by atoms with van der Waals surface area (Å²) in [4.78, 5) is 26.0. The molecule has 0 saturated carbocycles. The van der Waals surface area contributed by atoms with E-state index in [1.165, 1.54) is 18.2 Å². The van der Waals surface area contributed by atoms with E-state index in [0.717, 1.165) is 10.9 Å². The van der Waals surface area contributed by atoms with Gasteiger partial charge >= 0.3 is 12.5 Å². The number of nitrogens with one attached hydrogen (secondary N) is 2. The van der Waals surface area contributed by atoms with Crippen LogP contribution in [0.25, 0.3) is 0 Å². The zero-order valence-electron chi connectivity index (χ0n) is 22.0. The number of ether oxygens (including phenoxy) is 3. The van der Waals surface area contributed by atoms with Crippen molar-refractivity contribution >= 4 is 27.5 Å². The average molecular weight is 629 g/mol. The Morgan fingerprint density at radius 2 is 1.98 bits per heavy atom. The quantitative estimate of drug-likeness (QED) is 0.319. The molecule has 0 bridgehead atoms. The predicted octanol–water partition coefficient (Wildman–Crippen LogP) is 3.09. The fourth-order valence-electron chi connectivity index (χ4n) is 4.86. The molecule has 0 radical (unpaired) electrons. The van der Waals surface area contributed by atoms with Crippen LogP contribution in [0.5, 0.6) is 11.5 Å². The minimum Gasteiger partial charge on any atom is -0.493 e. The number of sulfone groups is 1. The fourth-order valence-corrected chi connectivity index (χ4v) is 5.41. The number of aromatic nitrogens is 2. The molecular weight excluding hydrogens is 602 g/mol. The second-order valence-electron chi connectivity index (χ2n) is 9.89. The molecule has 232 valence electrons. The average Bonchev–Trinajstić information content (AvgIpc) is 3.08. The summed E-state index contributed by atoms with van der Waals surface area (Å²) in [6.07, 6.45) is -8.04. The number of fused-ring (bicyclic) bond motifs is 3. The normalized spacial score (nSPS) is 18.9. The van der Waals surface area contributed by atoms with Crippen LogP contribution in [0.2, 0.25) is 0 Å². The molecule has 0 fully saturated rings. The maximum atomic E-state index is 13.5. The number of halogens is 6. The van der Waals surface area contributed by atoms with Gasteiger partial charge in [-0.1, -0.05) is 0 Å². The Morgan fingerprint density at radius 3 is 2.64 bits per heavy atom. The van der Waals surface area contributed by atoms with Crippen LogP contribution >= 0.6 is 0 Å². The van der Waals surface area contributed by atoms with Gasteiger partial charge in [0.05, 0.1) is 24.4 Å². The lowest BCUT2D eigenvalue weighted by molar-refractivity contribution is -0.324. The van der Waals surface area contributed by atoms with Crippen molar-refractivity contribution < 1.29 is 58.6 Å². The summed E-state index contributed by atoms with van der Waals surface area (Å²) in [6.45, 7) is -2.31. The lowest BCUT2D eigenvalue weighted by atomic mass is 9.78. The topological polar surface area (TPSA) is 138 Å². The number of carbonyl (C=O) groups excluding carboxylic acids is 2. The summed E-state index contributed by atoms with van der Waals surface area (Å²) in [5.74, 6) is -2.73. The molecule has 42 heavy (non-hydrogen) atoms. The molecule has 0 aliphatic carbocycles. The fraction of sp³-hybridized carbons (Fsp3) is 0.542. The number of benzene rings is 1. The number of amides is 2. The van der Waals surface area contributed by atoms with E-state index in [4.69, 9.17) is 9.47 Å². The number of nitrogens with zero attached hydrogens (tertiary/aromatic N) is 2. The lowest BCUT2D eigenvalue weighted by Crippen LogP contribution is -2.51. The highest BCUT2D eigenvalue weighted by Gasteiger charge is 2.45. The summed E-state index contributed by atoms with van der Waals surface area (Å²) in [6, 6.07) is 4.06. The van der Waals surface area contributed by atoms with E-state index in [0.29, 0.717) is 18.4 Å². The molecule has 1 atom stereocenters. The van der Waals surface area contributed by atoms with Crippen LogP contribution in [-0.4, -0.2) is 74.4 Å². The number of anilines is 1. The predicted molar refractivity (Wildman–Crippen MR) is 133 cm³/mol. The molecule has 2 aliphatic rings. The Hall–Kier alpha value is -3.54. The zero-order chi connectivity index (χ0) is 30.9. The molecule has 0 unspecified atom stereocenters. The Bertz CT molecular complexity index is 1460. The van der Waals surface area contributed by atoms with Gasteiger partial charge in [-0.25, -0.2) is 13.1 Å². The largest absolute Gasteiger partial charge is 0.522 e. The van der Waals surface area contributed by atoms with Crippen LogP contribution in [0, 0.1) is 0 Å². The molecule has 11 nitrogen and oxygen atoms in total. The summed E-state index contributed by atoms with van der Waals surface area (Å²) >= 11 is 0. The highest BCUT2D eigenvalue weighted by atomic mass is 32.2. The van der Waals surface area contributed by atoms with E-state index in [2.05, 4.69) is 20.5 Å². The zero-order valence-corrected chi connectivity index (χ0v) is 22.8. The molecule has 0 saturated heterocycles. The number of rotatable bonds is 9. The first-order valence-corrected chi connectivity index (χ1v) is 14.6. The first-order valence-electron chi connectivity index (χ1n) is 12.5. The van der Waals surface area contributed by atoms with Gasteiger partial charge in [-0.3, -0.25) is 14.3 Å². The molecule has 18 heteroatoms. The first-order chi connectivity index (χ1) is 19.4. The van der Waals surface area contributed by atoms with Crippen LogP contribution in [0.3, 0.4) is 0 Å². The second-order valence-corrected chi connectivity index (χ2v) is 12.0. The van der Waals surface area contributed by atoms with Gasteiger partial charge in [0, 0.05) is 30.9 Å². The van der Waals surface area contributed by atoms with Gasteiger partial charge in [0.25, 0.3) is 5.91 Å². The number of hydrogen-bond donors (Lipinski definition) is 2. The van der Waals surface area contributed by atoms with E-state index in [1.807, 2.05) is 0 Å². The van der Waals surface area contributed by atoms with Crippen molar-refractivity contribution in [1.82, 2.24) is 15.1 Å². The van der Waals surface area contributed by atoms with E-state index in [1.54, 1.807) is 0 Å². The second kappa shape index (κ2) is 11.6. The van der Waals surface area contributed by atoms with Crippen LogP contribution in [-0.2, 0) is 37.9 Å². The van der Waals surface area contributed by atoms with Crippen molar-refractivity contribution in [2.24, 2.45) is 0 Å². The molecule has 2 aliphatic heterocycles. The summed E-state index contributed by atoms with van der Waals surface area (Å²) in [5.41, 5.74) is -0.633. The molecule has 4 rings (SSSR count). The monoisotopic (exact) mass is 628 g/mol. The van der Waals surface area contributed by atoms with Crippen LogP contribution in [0.1, 0.15) is 40.9 Å². The number of alkyl halides is 6. The first kappa shape index (κ1) is 31.4. The molecule has 1 aromatic carbocycles. The minimum atomic E-state index is -4.87. The molecule has 1 spiro atoms. The van der Waals surface area contributed by atoms with E-state index >= 15 is 0 Å². The lowest BCUT2D eigenvalue weighted by Gasteiger charge is -2.37. The van der Waals surface area contributed by atoms with Gasteiger partial charge in [0.1, 0.15) is 28.6 Å². The minimum absolute atomic E-state index is 0.0220. The Labute approximate surface area is 235 Å². The molecule has 2 N–H and O–H groups in total. The third-order valence-corrected chi connectivity index (χ3v) is 7.17. The van der Waals surface area contributed by atoms with Gasteiger partial charge in [-0.05, 0) is 31.4 Å². The summed E-state index contributed by atoms with van der Waals surface area (Å²) in [5, 5.41) is 9.61. The highest BCUT2D eigenvalue weighted by Crippen LogP contribution is 2.44. The standard InChI is InChI=1S/C24H26F6N4O7S/c1-42(37,38)12-18(35)31-20-19-16(33-34(20)7-3-9-41-24(28,29)30)11-22(32-21(19)36)6-2-8-39-17-10-14(4-5-15(17)22)40-13-23(25,26)27/h4-5,10H,2-3,6-9,11-13H2,1H3,(H,31,35)(H,32,36)/t22-/m1/s1. The SMILES string of the molecule is CS(=O)(=O)CC(=O)Nc1c2c(nn1CCCOC(F)(F)F)C[C@@]1(CCCOc3cc(OCC(F)(F)F)ccc31)NC2=O.